The van der Waals surface area contributed by atoms with Crippen LogP contribution in [-0.2, 0) is 9.53 Å². The number of carbonyl (C=O) groups excluding carboxylic acids is 1. The Bertz CT molecular complexity index is 456. The van der Waals surface area contributed by atoms with Crippen LogP contribution in [-0.4, -0.2) is 25.2 Å². The zero-order valence-electron chi connectivity index (χ0n) is 9.82. The van der Waals surface area contributed by atoms with Gasteiger partial charge in [0.05, 0.1) is 12.6 Å². The predicted octanol–water partition coefficient (Wildman–Crippen LogP) is 1.94. The Hall–Kier alpha value is -2.04. The first-order valence-corrected chi connectivity index (χ1v) is 5.82. The topological polar surface area (TPSA) is 87.1 Å². The average molecular weight is 246 g/mol. The molecule has 0 unspecified atom stereocenters. The van der Waals surface area contributed by atoms with E-state index in [9.17, 15) is 4.79 Å². The van der Waals surface area contributed by atoms with Gasteiger partial charge < -0.3 is 10.1 Å². The highest BCUT2D eigenvalue weighted by Gasteiger charge is 2.30. The highest BCUT2D eigenvalue weighted by Crippen LogP contribution is 2.22. The van der Waals surface area contributed by atoms with Crippen molar-refractivity contribution in [1.29, 1.82) is 0 Å². The number of hydrogen-bond acceptors (Lipinski definition) is 4. The summed E-state index contributed by atoms with van der Waals surface area (Å²) in [7, 11) is 0. The third-order valence-corrected chi connectivity index (χ3v) is 2.82. The lowest BCUT2D eigenvalue weighted by atomic mass is 9.99. The van der Waals surface area contributed by atoms with Crippen molar-refractivity contribution in [1.82, 2.24) is 5.32 Å². The SMILES string of the molecule is [N-]=[N+]=N[C@@H]1C(=O)OCCCN[C@@H]1c1ccccc1. The Morgan fingerprint density at radius 3 is 2.89 bits per heavy atom. The fourth-order valence-electron chi connectivity index (χ4n) is 1.97. The summed E-state index contributed by atoms with van der Waals surface area (Å²) in [5.41, 5.74) is 9.50. The number of cyclic esters (lactones) is 1. The molecule has 1 aliphatic heterocycles. The lowest BCUT2D eigenvalue weighted by molar-refractivity contribution is -0.146. The number of hydrogen-bond donors (Lipinski definition) is 1. The average Bonchev–Trinajstić information content (AvgIpc) is 2.39. The Morgan fingerprint density at radius 1 is 1.39 bits per heavy atom. The molecule has 1 fully saturated rings. The Balaban J connectivity index is 2.31. The highest BCUT2D eigenvalue weighted by atomic mass is 16.5. The van der Waals surface area contributed by atoms with Crippen LogP contribution in [0.1, 0.15) is 18.0 Å². The van der Waals surface area contributed by atoms with Crippen LogP contribution in [0, 0.1) is 0 Å². The molecule has 0 amide bonds. The number of rotatable bonds is 2. The molecule has 1 aliphatic rings. The number of carbonyl (C=O) groups is 1. The van der Waals surface area contributed by atoms with Gasteiger partial charge in [0.2, 0.25) is 0 Å². The summed E-state index contributed by atoms with van der Waals surface area (Å²) in [6, 6.07) is 8.25. The van der Waals surface area contributed by atoms with Gasteiger partial charge in [-0.2, -0.15) is 0 Å². The molecule has 0 aliphatic carbocycles. The molecule has 0 radical (unpaired) electrons. The molecule has 0 spiro atoms. The van der Waals surface area contributed by atoms with Crippen LogP contribution in [0.3, 0.4) is 0 Å². The number of nitrogens with zero attached hydrogens (tertiary/aromatic N) is 3. The summed E-state index contributed by atoms with van der Waals surface area (Å²) < 4.78 is 5.06. The Labute approximate surface area is 105 Å². The molecule has 1 saturated heterocycles. The van der Waals surface area contributed by atoms with E-state index in [0.29, 0.717) is 13.2 Å². The molecule has 6 nitrogen and oxygen atoms in total. The first-order valence-electron chi connectivity index (χ1n) is 5.82. The molecule has 1 N–H and O–H groups in total. The lowest BCUT2D eigenvalue weighted by Gasteiger charge is -2.26. The number of ether oxygens (including phenoxy) is 1. The fraction of sp³-hybridized carbons (Fsp3) is 0.417. The van der Waals surface area contributed by atoms with Gasteiger partial charge in [-0.15, -0.1) is 0 Å². The van der Waals surface area contributed by atoms with E-state index in [0.717, 1.165) is 12.0 Å². The molecule has 0 bridgehead atoms. The smallest absolute Gasteiger partial charge is 0.316 e. The minimum absolute atomic E-state index is 0.338. The van der Waals surface area contributed by atoms with E-state index in [1.54, 1.807) is 0 Å². The zero-order valence-corrected chi connectivity index (χ0v) is 9.82. The van der Waals surface area contributed by atoms with Crippen molar-refractivity contribution < 1.29 is 9.53 Å². The molecular formula is C12H14N4O2. The van der Waals surface area contributed by atoms with E-state index in [1.807, 2.05) is 30.3 Å². The number of azide groups is 1. The molecule has 94 valence electrons. The summed E-state index contributed by atoms with van der Waals surface area (Å²) >= 11 is 0. The van der Waals surface area contributed by atoms with Crippen molar-refractivity contribution in [2.75, 3.05) is 13.2 Å². The second-order valence-corrected chi connectivity index (χ2v) is 4.01. The lowest BCUT2D eigenvalue weighted by Crippen LogP contribution is -2.40. The third kappa shape index (κ3) is 2.80. The molecule has 0 aromatic heterocycles. The molecule has 1 heterocycles. The van der Waals surface area contributed by atoms with Gasteiger partial charge in [-0.1, -0.05) is 35.4 Å². The van der Waals surface area contributed by atoms with E-state index < -0.39 is 12.0 Å². The molecule has 1 aromatic carbocycles. The van der Waals surface area contributed by atoms with Crippen molar-refractivity contribution in [2.45, 2.75) is 18.5 Å². The fourth-order valence-corrected chi connectivity index (χ4v) is 1.97. The first-order chi connectivity index (χ1) is 8.83. The van der Waals surface area contributed by atoms with Gasteiger partial charge in [-0.3, -0.25) is 4.79 Å². The molecule has 2 rings (SSSR count). The summed E-state index contributed by atoms with van der Waals surface area (Å²) in [5.74, 6) is -0.478. The third-order valence-electron chi connectivity index (χ3n) is 2.82. The van der Waals surface area contributed by atoms with Crippen molar-refractivity contribution in [3.8, 4) is 0 Å². The monoisotopic (exact) mass is 246 g/mol. The van der Waals surface area contributed by atoms with Gasteiger partial charge in [0, 0.05) is 4.91 Å². The maximum atomic E-state index is 11.8. The standard InChI is InChI=1S/C12H14N4O2/c13-16-15-11-10(9-5-2-1-3-6-9)14-7-4-8-18-12(11)17/h1-3,5-6,10-11,14H,4,7-8H2/t10-,11+/m1/s1. The molecular weight excluding hydrogens is 232 g/mol. The minimum atomic E-state index is -0.863. The van der Waals surface area contributed by atoms with Gasteiger partial charge in [0.25, 0.3) is 0 Å². The highest BCUT2D eigenvalue weighted by molar-refractivity contribution is 5.77. The van der Waals surface area contributed by atoms with Crippen LogP contribution in [0.15, 0.2) is 35.4 Å². The van der Waals surface area contributed by atoms with Crippen LogP contribution < -0.4 is 5.32 Å². The van der Waals surface area contributed by atoms with E-state index in [-0.39, 0.29) is 6.04 Å². The van der Waals surface area contributed by atoms with Gasteiger partial charge in [0.1, 0.15) is 0 Å². The first kappa shape index (κ1) is 12.4. The number of nitrogens with one attached hydrogen (secondary N) is 1. The minimum Gasteiger partial charge on any atom is -0.465 e. The molecule has 2 atom stereocenters. The number of esters is 1. The van der Waals surface area contributed by atoms with Crippen molar-refractivity contribution in [3.63, 3.8) is 0 Å². The van der Waals surface area contributed by atoms with Crippen molar-refractivity contribution in [2.24, 2.45) is 5.11 Å². The summed E-state index contributed by atoms with van der Waals surface area (Å²) in [5, 5.41) is 6.81. The second kappa shape index (κ2) is 6.05. The van der Waals surface area contributed by atoms with Gasteiger partial charge in [-0.05, 0) is 24.1 Å². The van der Waals surface area contributed by atoms with E-state index >= 15 is 0 Å². The molecule has 1 aromatic rings. The molecule has 6 heteroatoms. The zero-order chi connectivity index (χ0) is 12.8. The Morgan fingerprint density at radius 2 is 2.17 bits per heavy atom. The van der Waals surface area contributed by atoms with Crippen molar-refractivity contribution >= 4 is 5.97 Å². The van der Waals surface area contributed by atoms with Gasteiger partial charge in [-0.25, -0.2) is 0 Å². The summed E-state index contributed by atoms with van der Waals surface area (Å²) in [6.45, 7) is 1.06. The van der Waals surface area contributed by atoms with Crippen molar-refractivity contribution in [3.05, 3.63) is 46.3 Å². The van der Waals surface area contributed by atoms with E-state index in [2.05, 4.69) is 15.3 Å². The van der Waals surface area contributed by atoms with Crippen LogP contribution >= 0.6 is 0 Å². The van der Waals surface area contributed by atoms with E-state index in [4.69, 9.17) is 10.3 Å². The summed E-state index contributed by atoms with van der Waals surface area (Å²) in [4.78, 5) is 14.6. The van der Waals surface area contributed by atoms with Crippen LogP contribution in [0.4, 0.5) is 0 Å². The maximum absolute atomic E-state index is 11.8. The van der Waals surface area contributed by atoms with Crippen LogP contribution in [0.25, 0.3) is 10.4 Å². The van der Waals surface area contributed by atoms with Crippen LogP contribution in [0.2, 0.25) is 0 Å². The predicted molar refractivity (Wildman–Crippen MR) is 65.7 cm³/mol. The van der Waals surface area contributed by atoms with Gasteiger partial charge >= 0.3 is 5.97 Å². The maximum Gasteiger partial charge on any atom is 0.316 e. The second-order valence-electron chi connectivity index (χ2n) is 4.01. The quantitative estimate of drug-likeness (QED) is 0.374. The van der Waals surface area contributed by atoms with Crippen LogP contribution in [0.5, 0.6) is 0 Å². The van der Waals surface area contributed by atoms with E-state index in [1.165, 1.54) is 0 Å². The summed E-state index contributed by atoms with van der Waals surface area (Å²) in [6.07, 6.45) is 0.748. The normalized spacial score (nSPS) is 24.3. The Kier molecular flexibility index (Phi) is 4.17. The molecule has 18 heavy (non-hydrogen) atoms. The largest absolute Gasteiger partial charge is 0.465 e. The van der Waals surface area contributed by atoms with Gasteiger partial charge in [0.15, 0.2) is 6.04 Å². The molecule has 0 saturated carbocycles. The number of benzene rings is 1.